The second-order valence-corrected chi connectivity index (χ2v) is 5.28. The van der Waals surface area contributed by atoms with Crippen molar-refractivity contribution in [3.05, 3.63) is 23.8 Å². The Bertz CT molecular complexity index is 392. The topological polar surface area (TPSA) is 44.5 Å². The van der Waals surface area contributed by atoms with E-state index in [2.05, 4.69) is 6.92 Å². The minimum atomic E-state index is 0.399. The van der Waals surface area contributed by atoms with Gasteiger partial charge >= 0.3 is 0 Å². The number of rotatable bonds is 4. The number of anilines is 1. The van der Waals surface area contributed by atoms with Gasteiger partial charge in [0.2, 0.25) is 0 Å². The maximum absolute atomic E-state index is 6.00. The Labute approximate surface area is 109 Å². The van der Waals surface area contributed by atoms with Crippen LogP contribution >= 0.6 is 0 Å². The van der Waals surface area contributed by atoms with Crippen molar-refractivity contribution < 1.29 is 9.47 Å². The van der Waals surface area contributed by atoms with E-state index in [0.717, 1.165) is 22.9 Å². The molecule has 1 aliphatic carbocycles. The second kappa shape index (κ2) is 6.10. The molecule has 100 valence electrons. The fourth-order valence-corrected chi connectivity index (χ4v) is 2.62. The summed E-state index contributed by atoms with van der Waals surface area (Å²) in [7, 11) is 1.67. The van der Waals surface area contributed by atoms with Gasteiger partial charge in [-0.2, -0.15) is 0 Å². The molecule has 0 amide bonds. The molecule has 2 unspecified atom stereocenters. The second-order valence-electron chi connectivity index (χ2n) is 5.28. The van der Waals surface area contributed by atoms with Crippen molar-refractivity contribution in [2.75, 3.05) is 12.8 Å². The molecule has 2 rings (SSSR count). The average molecular weight is 249 g/mol. The molecule has 1 aromatic rings. The van der Waals surface area contributed by atoms with Gasteiger partial charge in [0, 0.05) is 17.3 Å². The first kappa shape index (κ1) is 13.2. The van der Waals surface area contributed by atoms with Crippen LogP contribution in [0.3, 0.4) is 0 Å². The molecular weight excluding hydrogens is 226 g/mol. The van der Waals surface area contributed by atoms with Crippen LogP contribution in [0.1, 0.15) is 38.2 Å². The number of nitrogens with two attached hydrogens (primary N) is 1. The summed E-state index contributed by atoms with van der Waals surface area (Å²) in [5.41, 5.74) is 7.54. The molecule has 1 aliphatic rings. The summed E-state index contributed by atoms with van der Waals surface area (Å²) in [5, 5.41) is 0. The number of hydrogen-bond acceptors (Lipinski definition) is 3. The zero-order valence-corrected chi connectivity index (χ0v) is 11.3. The predicted octanol–water partition coefficient (Wildman–Crippen LogP) is 3.37. The number of benzene rings is 1. The molecule has 18 heavy (non-hydrogen) atoms. The number of hydrogen-bond donors (Lipinski definition) is 1. The van der Waals surface area contributed by atoms with Crippen LogP contribution in [0.4, 0.5) is 5.69 Å². The first-order chi connectivity index (χ1) is 8.69. The number of ether oxygens (including phenoxy) is 2. The van der Waals surface area contributed by atoms with E-state index in [9.17, 15) is 0 Å². The molecular formula is C15H23NO2. The van der Waals surface area contributed by atoms with E-state index in [4.69, 9.17) is 15.2 Å². The van der Waals surface area contributed by atoms with E-state index < -0.39 is 0 Å². The van der Waals surface area contributed by atoms with Crippen molar-refractivity contribution in [1.82, 2.24) is 0 Å². The molecule has 0 radical (unpaired) electrons. The van der Waals surface area contributed by atoms with Crippen molar-refractivity contribution >= 4 is 5.69 Å². The van der Waals surface area contributed by atoms with Crippen LogP contribution in [0.2, 0.25) is 0 Å². The summed E-state index contributed by atoms with van der Waals surface area (Å²) in [6, 6.07) is 5.73. The molecule has 3 nitrogen and oxygen atoms in total. The van der Waals surface area contributed by atoms with Crippen molar-refractivity contribution in [2.45, 2.75) is 45.3 Å². The van der Waals surface area contributed by atoms with Gasteiger partial charge in [0.15, 0.2) is 0 Å². The van der Waals surface area contributed by atoms with Crippen LogP contribution in [0, 0.1) is 5.92 Å². The van der Waals surface area contributed by atoms with Crippen LogP contribution < -0.4 is 10.5 Å². The molecule has 1 aromatic carbocycles. The zero-order chi connectivity index (χ0) is 13.0. The molecule has 2 atom stereocenters. The molecule has 0 aromatic heterocycles. The first-order valence-electron chi connectivity index (χ1n) is 6.73. The van der Waals surface area contributed by atoms with Gasteiger partial charge in [0.05, 0.1) is 19.8 Å². The van der Waals surface area contributed by atoms with Gasteiger partial charge < -0.3 is 15.2 Å². The highest BCUT2D eigenvalue weighted by atomic mass is 16.5. The van der Waals surface area contributed by atoms with Crippen molar-refractivity contribution in [2.24, 2.45) is 5.92 Å². The maximum Gasteiger partial charge on any atom is 0.126 e. The molecule has 0 aliphatic heterocycles. The van der Waals surface area contributed by atoms with Gasteiger partial charge in [-0.3, -0.25) is 0 Å². The number of methoxy groups -OCH3 is 1. The summed E-state index contributed by atoms with van der Waals surface area (Å²) in [5.74, 6) is 1.61. The SMILES string of the molecule is COc1cc(N)ccc1COC1CCCC(C)C1. The summed E-state index contributed by atoms with van der Waals surface area (Å²) < 4.78 is 11.3. The fourth-order valence-electron chi connectivity index (χ4n) is 2.62. The molecule has 0 heterocycles. The third kappa shape index (κ3) is 3.39. The van der Waals surface area contributed by atoms with Crippen LogP contribution in [0.25, 0.3) is 0 Å². The van der Waals surface area contributed by atoms with Gasteiger partial charge in [-0.15, -0.1) is 0 Å². The van der Waals surface area contributed by atoms with E-state index in [1.807, 2.05) is 18.2 Å². The van der Waals surface area contributed by atoms with E-state index in [0.29, 0.717) is 12.7 Å². The monoisotopic (exact) mass is 249 g/mol. The molecule has 1 saturated carbocycles. The van der Waals surface area contributed by atoms with Crippen molar-refractivity contribution in [1.29, 1.82) is 0 Å². The Kier molecular flexibility index (Phi) is 4.48. The van der Waals surface area contributed by atoms with Crippen LogP contribution in [0.5, 0.6) is 5.75 Å². The lowest BCUT2D eigenvalue weighted by atomic mass is 9.89. The Morgan fingerprint density at radius 2 is 2.17 bits per heavy atom. The third-order valence-corrected chi connectivity index (χ3v) is 3.67. The average Bonchev–Trinajstić information content (AvgIpc) is 2.37. The van der Waals surface area contributed by atoms with Crippen molar-refractivity contribution in [3.8, 4) is 5.75 Å². The highest BCUT2D eigenvalue weighted by Gasteiger charge is 2.19. The Balaban J connectivity index is 1.93. The van der Waals surface area contributed by atoms with E-state index >= 15 is 0 Å². The van der Waals surface area contributed by atoms with E-state index in [1.54, 1.807) is 7.11 Å². The largest absolute Gasteiger partial charge is 0.496 e. The van der Waals surface area contributed by atoms with Gasteiger partial charge in [-0.05, 0) is 24.8 Å². The molecule has 0 bridgehead atoms. The van der Waals surface area contributed by atoms with Crippen LogP contribution in [-0.2, 0) is 11.3 Å². The van der Waals surface area contributed by atoms with Crippen LogP contribution in [-0.4, -0.2) is 13.2 Å². The molecule has 3 heteroatoms. The summed E-state index contributed by atoms with van der Waals surface area (Å²) in [4.78, 5) is 0. The quantitative estimate of drug-likeness (QED) is 0.832. The molecule has 1 fully saturated rings. The minimum Gasteiger partial charge on any atom is -0.496 e. The van der Waals surface area contributed by atoms with Gasteiger partial charge in [-0.1, -0.05) is 25.8 Å². The van der Waals surface area contributed by atoms with Crippen molar-refractivity contribution in [3.63, 3.8) is 0 Å². The fraction of sp³-hybridized carbons (Fsp3) is 0.600. The lowest BCUT2D eigenvalue weighted by molar-refractivity contribution is 0.00396. The zero-order valence-electron chi connectivity index (χ0n) is 11.3. The molecule has 0 spiro atoms. The highest BCUT2D eigenvalue weighted by Crippen LogP contribution is 2.28. The maximum atomic E-state index is 6.00. The Hall–Kier alpha value is -1.22. The lowest BCUT2D eigenvalue weighted by Gasteiger charge is -2.27. The summed E-state index contributed by atoms with van der Waals surface area (Å²) in [6.07, 6.45) is 5.38. The summed E-state index contributed by atoms with van der Waals surface area (Å²) >= 11 is 0. The molecule has 2 N–H and O–H groups in total. The lowest BCUT2D eigenvalue weighted by Crippen LogP contribution is -2.21. The van der Waals surface area contributed by atoms with Gasteiger partial charge in [-0.25, -0.2) is 0 Å². The van der Waals surface area contributed by atoms with Gasteiger partial charge in [0.25, 0.3) is 0 Å². The van der Waals surface area contributed by atoms with E-state index in [-0.39, 0.29) is 0 Å². The number of nitrogen functional groups attached to an aromatic ring is 1. The summed E-state index contributed by atoms with van der Waals surface area (Å²) in [6.45, 7) is 2.92. The van der Waals surface area contributed by atoms with Gasteiger partial charge in [0.1, 0.15) is 5.75 Å². The third-order valence-electron chi connectivity index (χ3n) is 3.67. The Morgan fingerprint density at radius 3 is 2.89 bits per heavy atom. The first-order valence-corrected chi connectivity index (χ1v) is 6.73. The van der Waals surface area contributed by atoms with E-state index in [1.165, 1.54) is 25.7 Å². The minimum absolute atomic E-state index is 0.399. The highest BCUT2D eigenvalue weighted by molar-refractivity contribution is 5.48. The standard InChI is InChI=1S/C15H23NO2/c1-11-4-3-5-14(8-11)18-10-12-6-7-13(16)9-15(12)17-2/h6-7,9,11,14H,3-5,8,10,16H2,1-2H3. The molecule has 0 saturated heterocycles. The van der Waals surface area contributed by atoms with Crippen LogP contribution in [0.15, 0.2) is 18.2 Å². The predicted molar refractivity (Wildman–Crippen MR) is 73.6 cm³/mol. The smallest absolute Gasteiger partial charge is 0.126 e. The Morgan fingerprint density at radius 1 is 1.33 bits per heavy atom. The normalized spacial score (nSPS) is 23.9.